The van der Waals surface area contributed by atoms with E-state index in [1.165, 1.54) is 29.2 Å². The second kappa shape index (κ2) is 9.75. The lowest BCUT2D eigenvalue weighted by atomic mass is 9.78. The molecular weight excluding hydrogens is 474 g/mol. The Balaban J connectivity index is 1.57. The fourth-order valence-electron chi connectivity index (χ4n) is 6.49. The molecule has 1 N–H and O–H groups in total. The standard InChI is InChI=1S/C33H31NO4/c1-22(35)38-31-21-34(30(32(31)36)20-23-16-18-25(37-2)19-17-23)33(24-10-4-3-5-11-24)28-14-8-6-12-26(28)27-13-7-9-15-29(27)33/h3-19,30-32,36H,20-21H2,1-2H3/t30-,31+,32-/m1/s1. The second-order valence-electron chi connectivity index (χ2n) is 10.1. The van der Waals surface area contributed by atoms with Gasteiger partial charge in [-0.15, -0.1) is 0 Å². The Morgan fingerprint density at radius 3 is 2.03 bits per heavy atom. The van der Waals surface area contributed by atoms with E-state index < -0.39 is 17.7 Å². The third-order valence-electron chi connectivity index (χ3n) is 8.02. The first-order chi connectivity index (χ1) is 18.5. The molecule has 5 heteroatoms. The number of fused-ring (bicyclic) bond motifs is 3. The number of likely N-dealkylation sites (tertiary alicyclic amines) is 1. The molecule has 1 aliphatic carbocycles. The summed E-state index contributed by atoms with van der Waals surface area (Å²) in [6.45, 7) is 1.81. The summed E-state index contributed by atoms with van der Waals surface area (Å²) >= 11 is 0. The monoisotopic (exact) mass is 505 g/mol. The van der Waals surface area contributed by atoms with Gasteiger partial charge in [-0.3, -0.25) is 9.69 Å². The van der Waals surface area contributed by atoms with Crippen LogP contribution in [0, 0.1) is 0 Å². The number of ether oxygens (including phenoxy) is 2. The molecule has 1 heterocycles. The summed E-state index contributed by atoms with van der Waals surface area (Å²) in [6, 6.07) is 35.2. The van der Waals surface area contributed by atoms with E-state index in [2.05, 4.69) is 77.7 Å². The smallest absolute Gasteiger partial charge is 0.303 e. The number of carbonyl (C=O) groups is 1. The first kappa shape index (κ1) is 24.4. The molecule has 192 valence electrons. The van der Waals surface area contributed by atoms with E-state index in [9.17, 15) is 9.90 Å². The van der Waals surface area contributed by atoms with Gasteiger partial charge < -0.3 is 14.6 Å². The normalized spacial score (nSPS) is 21.5. The molecule has 0 spiro atoms. The number of aliphatic hydroxyl groups excluding tert-OH is 1. The van der Waals surface area contributed by atoms with Gasteiger partial charge in [0.25, 0.3) is 0 Å². The molecule has 1 saturated heterocycles. The maximum absolute atomic E-state index is 12.1. The summed E-state index contributed by atoms with van der Waals surface area (Å²) in [7, 11) is 1.65. The van der Waals surface area contributed by atoms with Gasteiger partial charge >= 0.3 is 5.97 Å². The summed E-state index contributed by atoms with van der Waals surface area (Å²) in [6.07, 6.45) is -0.917. The van der Waals surface area contributed by atoms with Crippen molar-refractivity contribution in [2.75, 3.05) is 13.7 Å². The quantitative estimate of drug-likeness (QED) is 0.366. The maximum Gasteiger partial charge on any atom is 0.303 e. The highest BCUT2D eigenvalue weighted by Gasteiger charge is 2.56. The SMILES string of the molecule is COc1ccc(C[C@@H]2[C@@H](O)[C@@H](OC(C)=O)CN2C2(c3ccccc3)c3ccccc3-c3ccccc32)cc1. The lowest BCUT2D eigenvalue weighted by molar-refractivity contribution is -0.149. The fraction of sp³-hybridized carbons (Fsp3) is 0.242. The zero-order chi connectivity index (χ0) is 26.3. The van der Waals surface area contributed by atoms with Crippen LogP contribution in [0.15, 0.2) is 103 Å². The van der Waals surface area contributed by atoms with Crippen LogP contribution in [0.25, 0.3) is 11.1 Å². The number of carbonyl (C=O) groups excluding carboxylic acids is 1. The molecule has 1 aliphatic heterocycles. The molecule has 1 fully saturated rings. The van der Waals surface area contributed by atoms with Crippen molar-refractivity contribution < 1.29 is 19.4 Å². The van der Waals surface area contributed by atoms with E-state index in [1.807, 2.05) is 30.3 Å². The van der Waals surface area contributed by atoms with Gasteiger partial charge in [0.15, 0.2) is 0 Å². The average molecular weight is 506 g/mol. The van der Waals surface area contributed by atoms with Gasteiger partial charge in [0.05, 0.1) is 12.6 Å². The predicted octanol–water partition coefficient (Wildman–Crippen LogP) is 5.19. The minimum Gasteiger partial charge on any atom is -0.497 e. The van der Waals surface area contributed by atoms with E-state index in [0.717, 1.165) is 16.9 Å². The molecular formula is C33H31NO4. The number of hydrogen-bond acceptors (Lipinski definition) is 5. The summed E-state index contributed by atoms with van der Waals surface area (Å²) in [5, 5.41) is 11.7. The molecule has 6 rings (SSSR count). The van der Waals surface area contributed by atoms with Crippen LogP contribution < -0.4 is 4.74 Å². The molecule has 5 nitrogen and oxygen atoms in total. The lowest BCUT2D eigenvalue weighted by Crippen LogP contribution is -2.51. The Hall–Kier alpha value is -3.93. The molecule has 2 aliphatic rings. The Kier molecular flexibility index (Phi) is 6.26. The van der Waals surface area contributed by atoms with Crippen LogP contribution in [0.2, 0.25) is 0 Å². The van der Waals surface area contributed by atoms with E-state index in [0.29, 0.717) is 13.0 Å². The van der Waals surface area contributed by atoms with E-state index in [-0.39, 0.29) is 12.0 Å². The molecule has 38 heavy (non-hydrogen) atoms. The molecule has 0 radical (unpaired) electrons. The van der Waals surface area contributed by atoms with Gasteiger partial charge in [0, 0.05) is 19.5 Å². The zero-order valence-corrected chi connectivity index (χ0v) is 21.6. The summed E-state index contributed by atoms with van der Waals surface area (Å²) in [4.78, 5) is 14.5. The molecule has 0 amide bonds. The number of rotatable bonds is 6. The molecule has 3 atom stereocenters. The highest BCUT2D eigenvalue weighted by atomic mass is 16.6. The van der Waals surface area contributed by atoms with Gasteiger partial charge in [0.2, 0.25) is 0 Å². The predicted molar refractivity (Wildman–Crippen MR) is 147 cm³/mol. The van der Waals surface area contributed by atoms with Crippen molar-refractivity contribution in [3.05, 3.63) is 125 Å². The third-order valence-corrected chi connectivity index (χ3v) is 8.02. The van der Waals surface area contributed by atoms with Crippen LogP contribution in [-0.4, -0.2) is 47.9 Å². The topological polar surface area (TPSA) is 59.0 Å². The molecule has 0 bridgehead atoms. The highest BCUT2D eigenvalue weighted by Crippen LogP contribution is 2.56. The second-order valence-corrected chi connectivity index (χ2v) is 10.1. The summed E-state index contributed by atoms with van der Waals surface area (Å²) < 4.78 is 11.1. The van der Waals surface area contributed by atoms with Crippen molar-refractivity contribution >= 4 is 5.97 Å². The third kappa shape index (κ3) is 3.82. The number of methoxy groups -OCH3 is 1. The number of aliphatic hydroxyl groups is 1. The van der Waals surface area contributed by atoms with Crippen LogP contribution in [0.5, 0.6) is 5.75 Å². The van der Waals surface area contributed by atoms with E-state index >= 15 is 0 Å². The highest BCUT2D eigenvalue weighted by molar-refractivity contribution is 5.83. The Labute approximate surface area is 223 Å². The van der Waals surface area contributed by atoms with Gasteiger partial charge in [-0.25, -0.2) is 0 Å². The molecule has 0 unspecified atom stereocenters. The summed E-state index contributed by atoms with van der Waals surface area (Å²) in [5.41, 5.74) is 6.23. The van der Waals surface area contributed by atoms with Gasteiger partial charge in [-0.2, -0.15) is 0 Å². The molecule has 0 saturated carbocycles. The number of esters is 1. The van der Waals surface area contributed by atoms with Crippen LogP contribution in [0.4, 0.5) is 0 Å². The minimum absolute atomic E-state index is 0.313. The molecule has 0 aromatic heterocycles. The van der Waals surface area contributed by atoms with Crippen molar-refractivity contribution in [1.29, 1.82) is 0 Å². The molecule has 4 aromatic rings. The number of hydrogen-bond donors (Lipinski definition) is 1. The van der Waals surface area contributed by atoms with E-state index in [4.69, 9.17) is 9.47 Å². The van der Waals surface area contributed by atoms with Crippen molar-refractivity contribution in [3.8, 4) is 16.9 Å². The first-order valence-corrected chi connectivity index (χ1v) is 13.0. The number of nitrogens with zero attached hydrogens (tertiary/aromatic N) is 1. The van der Waals surface area contributed by atoms with Crippen molar-refractivity contribution in [2.24, 2.45) is 0 Å². The fourth-order valence-corrected chi connectivity index (χ4v) is 6.49. The Morgan fingerprint density at radius 1 is 0.868 bits per heavy atom. The van der Waals surface area contributed by atoms with Crippen molar-refractivity contribution in [2.45, 2.75) is 37.1 Å². The summed E-state index contributed by atoms with van der Waals surface area (Å²) in [5.74, 6) is 0.398. The van der Waals surface area contributed by atoms with E-state index in [1.54, 1.807) is 7.11 Å². The van der Waals surface area contributed by atoms with Crippen LogP contribution in [0.1, 0.15) is 29.2 Å². The van der Waals surface area contributed by atoms with Crippen LogP contribution in [-0.2, 0) is 21.5 Å². The van der Waals surface area contributed by atoms with Crippen molar-refractivity contribution in [1.82, 2.24) is 4.90 Å². The lowest BCUT2D eigenvalue weighted by Gasteiger charge is -2.45. The van der Waals surface area contributed by atoms with Gasteiger partial charge in [0.1, 0.15) is 18.0 Å². The Bertz CT molecular complexity index is 1400. The van der Waals surface area contributed by atoms with Gasteiger partial charge in [-0.05, 0) is 51.9 Å². The van der Waals surface area contributed by atoms with Crippen LogP contribution in [0.3, 0.4) is 0 Å². The molecule has 4 aromatic carbocycles. The average Bonchev–Trinajstić information content (AvgIpc) is 3.42. The maximum atomic E-state index is 12.1. The largest absolute Gasteiger partial charge is 0.497 e. The minimum atomic E-state index is -0.860. The zero-order valence-electron chi connectivity index (χ0n) is 21.6. The van der Waals surface area contributed by atoms with Crippen LogP contribution >= 0.6 is 0 Å². The number of benzene rings is 4. The Morgan fingerprint density at radius 2 is 1.45 bits per heavy atom. The first-order valence-electron chi connectivity index (χ1n) is 13.0. The van der Waals surface area contributed by atoms with Gasteiger partial charge in [-0.1, -0.05) is 91.0 Å². The van der Waals surface area contributed by atoms with Crippen molar-refractivity contribution in [3.63, 3.8) is 0 Å².